The first-order valence-corrected chi connectivity index (χ1v) is 11.5. The van der Waals surface area contributed by atoms with Crippen LogP contribution >= 0.6 is 23.2 Å². The molecule has 0 aliphatic heterocycles. The van der Waals surface area contributed by atoms with E-state index >= 15 is 0 Å². The van der Waals surface area contributed by atoms with Crippen LogP contribution in [0.2, 0.25) is 10.0 Å². The standard InChI is InChI=1S/C26H22Cl2F3NO/c27-23-6-2-4-20(14-23)25(33)32(12-11-17-3-1-5-22(13-17)26(29,30)31)16-21-10-9-19(15-24(21)28)18-7-8-18/h1-6,9-10,13-15,18H,7-8,11-12,16H2. The molecule has 3 aromatic carbocycles. The lowest BCUT2D eigenvalue weighted by Crippen LogP contribution is -2.32. The highest BCUT2D eigenvalue weighted by atomic mass is 35.5. The molecule has 7 heteroatoms. The van der Waals surface area contributed by atoms with E-state index in [4.69, 9.17) is 23.2 Å². The summed E-state index contributed by atoms with van der Waals surface area (Å²) in [7, 11) is 0. The summed E-state index contributed by atoms with van der Waals surface area (Å²) < 4.78 is 39.3. The van der Waals surface area contributed by atoms with Gasteiger partial charge in [0.15, 0.2) is 0 Å². The molecule has 1 aliphatic carbocycles. The number of carbonyl (C=O) groups is 1. The van der Waals surface area contributed by atoms with E-state index in [1.54, 1.807) is 35.2 Å². The molecule has 0 heterocycles. The highest BCUT2D eigenvalue weighted by molar-refractivity contribution is 6.31. The van der Waals surface area contributed by atoms with Crippen molar-refractivity contribution < 1.29 is 18.0 Å². The molecule has 0 bridgehead atoms. The van der Waals surface area contributed by atoms with E-state index < -0.39 is 11.7 Å². The van der Waals surface area contributed by atoms with Crippen molar-refractivity contribution in [1.29, 1.82) is 0 Å². The Labute approximate surface area is 200 Å². The first kappa shape index (κ1) is 23.7. The Bertz CT molecular complexity index is 1160. The quantitative estimate of drug-likeness (QED) is 0.330. The first-order valence-electron chi connectivity index (χ1n) is 10.7. The minimum atomic E-state index is -4.41. The van der Waals surface area contributed by atoms with E-state index in [2.05, 4.69) is 0 Å². The normalized spacial score (nSPS) is 13.7. The molecule has 0 spiro atoms. The molecule has 0 atom stereocenters. The van der Waals surface area contributed by atoms with Gasteiger partial charge in [0.2, 0.25) is 0 Å². The van der Waals surface area contributed by atoms with Crippen molar-refractivity contribution in [3.63, 3.8) is 0 Å². The molecule has 0 unspecified atom stereocenters. The maximum atomic E-state index is 13.3. The van der Waals surface area contributed by atoms with Crippen molar-refractivity contribution in [2.24, 2.45) is 0 Å². The van der Waals surface area contributed by atoms with E-state index in [-0.39, 0.29) is 25.4 Å². The Balaban J connectivity index is 1.57. The molecule has 1 fully saturated rings. The number of benzene rings is 3. The third kappa shape index (κ3) is 6.10. The van der Waals surface area contributed by atoms with Crippen LogP contribution in [0.15, 0.2) is 66.7 Å². The van der Waals surface area contributed by atoms with Crippen LogP contribution < -0.4 is 0 Å². The second-order valence-electron chi connectivity index (χ2n) is 8.31. The summed E-state index contributed by atoms with van der Waals surface area (Å²) in [4.78, 5) is 14.9. The van der Waals surface area contributed by atoms with E-state index in [1.165, 1.54) is 11.6 Å². The zero-order chi connectivity index (χ0) is 23.6. The second kappa shape index (κ2) is 9.78. The van der Waals surface area contributed by atoms with Gasteiger partial charge in [-0.25, -0.2) is 0 Å². The van der Waals surface area contributed by atoms with Crippen LogP contribution in [0, 0.1) is 0 Å². The fourth-order valence-electron chi connectivity index (χ4n) is 3.79. The van der Waals surface area contributed by atoms with Crippen molar-refractivity contribution in [3.8, 4) is 0 Å². The van der Waals surface area contributed by atoms with Gasteiger partial charge in [0.1, 0.15) is 0 Å². The molecule has 0 saturated heterocycles. The summed E-state index contributed by atoms with van der Waals surface area (Å²) >= 11 is 12.6. The molecule has 4 rings (SSSR count). The maximum Gasteiger partial charge on any atom is 0.416 e. The number of rotatable bonds is 7. The molecule has 2 nitrogen and oxygen atoms in total. The minimum Gasteiger partial charge on any atom is -0.334 e. The Hall–Kier alpha value is -2.50. The lowest BCUT2D eigenvalue weighted by molar-refractivity contribution is -0.137. The van der Waals surface area contributed by atoms with Gasteiger partial charge in [-0.3, -0.25) is 4.79 Å². The van der Waals surface area contributed by atoms with Gasteiger partial charge in [-0.15, -0.1) is 0 Å². The number of hydrogen-bond donors (Lipinski definition) is 0. The topological polar surface area (TPSA) is 20.3 Å². The van der Waals surface area contributed by atoms with Gasteiger partial charge in [0, 0.05) is 28.7 Å². The minimum absolute atomic E-state index is 0.230. The number of alkyl halides is 3. The number of halogens is 5. The van der Waals surface area contributed by atoms with Crippen molar-refractivity contribution in [2.45, 2.75) is 37.9 Å². The SMILES string of the molecule is O=C(c1cccc(Cl)c1)N(CCc1cccc(C(F)(F)F)c1)Cc1ccc(C2CC2)cc1Cl. The van der Waals surface area contributed by atoms with Gasteiger partial charge in [-0.05, 0) is 72.2 Å². The van der Waals surface area contributed by atoms with Crippen LogP contribution in [0.25, 0.3) is 0 Å². The van der Waals surface area contributed by atoms with Crippen LogP contribution in [0.3, 0.4) is 0 Å². The average molecular weight is 492 g/mol. The zero-order valence-corrected chi connectivity index (χ0v) is 19.2. The number of nitrogens with zero attached hydrogens (tertiary/aromatic N) is 1. The van der Waals surface area contributed by atoms with Crippen LogP contribution in [0.1, 0.15) is 51.4 Å². The van der Waals surface area contributed by atoms with Crippen molar-refractivity contribution in [2.75, 3.05) is 6.54 Å². The highest BCUT2D eigenvalue weighted by Crippen LogP contribution is 2.41. The first-order chi connectivity index (χ1) is 15.7. The van der Waals surface area contributed by atoms with Gasteiger partial charge >= 0.3 is 6.18 Å². The largest absolute Gasteiger partial charge is 0.416 e. The van der Waals surface area contributed by atoms with E-state index in [1.807, 2.05) is 18.2 Å². The molecule has 0 N–H and O–H groups in total. The Morgan fingerprint density at radius 2 is 1.73 bits per heavy atom. The van der Waals surface area contributed by atoms with Crippen molar-refractivity contribution in [3.05, 3.63) is 105 Å². The molecular formula is C26H22Cl2F3NO. The predicted octanol–water partition coefficient (Wildman–Crippen LogP) is 7.77. The van der Waals surface area contributed by atoms with Crippen molar-refractivity contribution >= 4 is 29.1 Å². The molecule has 1 saturated carbocycles. The summed E-state index contributed by atoms with van der Waals surface area (Å²) in [5.74, 6) is 0.300. The number of hydrogen-bond acceptors (Lipinski definition) is 1. The summed E-state index contributed by atoms with van der Waals surface area (Å²) in [5.41, 5.74) is 2.20. The molecule has 0 aromatic heterocycles. The van der Waals surface area contributed by atoms with E-state index in [9.17, 15) is 18.0 Å². The Morgan fingerprint density at radius 1 is 0.970 bits per heavy atom. The van der Waals surface area contributed by atoms with Gasteiger partial charge in [0.25, 0.3) is 5.91 Å². The van der Waals surface area contributed by atoms with Crippen LogP contribution in [-0.2, 0) is 19.1 Å². The summed E-state index contributed by atoms with van der Waals surface area (Å²) in [6.45, 7) is 0.474. The average Bonchev–Trinajstić information content (AvgIpc) is 3.62. The highest BCUT2D eigenvalue weighted by Gasteiger charge is 2.30. The predicted molar refractivity (Wildman–Crippen MR) is 125 cm³/mol. The Kier molecular flexibility index (Phi) is 7.01. The summed E-state index contributed by atoms with van der Waals surface area (Å²) in [6, 6.07) is 17.7. The molecular weight excluding hydrogens is 470 g/mol. The number of carbonyl (C=O) groups excluding carboxylic acids is 1. The fraction of sp³-hybridized carbons (Fsp3) is 0.269. The second-order valence-corrected chi connectivity index (χ2v) is 9.15. The van der Waals surface area contributed by atoms with Crippen LogP contribution in [0.5, 0.6) is 0 Å². The van der Waals surface area contributed by atoms with E-state index in [0.717, 1.165) is 30.5 Å². The molecule has 1 amide bonds. The maximum absolute atomic E-state index is 13.3. The summed E-state index contributed by atoms with van der Waals surface area (Å²) in [6.07, 6.45) is -1.82. The van der Waals surface area contributed by atoms with Gasteiger partial charge < -0.3 is 4.90 Å². The van der Waals surface area contributed by atoms with Crippen LogP contribution in [-0.4, -0.2) is 17.4 Å². The molecule has 3 aromatic rings. The third-order valence-corrected chi connectivity index (χ3v) is 6.36. The lowest BCUT2D eigenvalue weighted by Gasteiger charge is -2.24. The zero-order valence-electron chi connectivity index (χ0n) is 17.7. The molecule has 33 heavy (non-hydrogen) atoms. The monoisotopic (exact) mass is 491 g/mol. The Morgan fingerprint density at radius 3 is 2.39 bits per heavy atom. The lowest BCUT2D eigenvalue weighted by atomic mass is 10.1. The van der Waals surface area contributed by atoms with Gasteiger partial charge in [-0.1, -0.05) is 59.6 Å². The van der Waals surface area contributed by atoms with Gasteiger partial charge in [0.05, 0.1) is 5.56 Å². The third-order valence-electron chi connectivity index (χ3n) is 5.77. The molecule has 1 aliphatic rings. The van der Waals surface area contributed by atoms with E-state index in [0.29, 0.717) is 27.1 Å². The molecule has 0 radical (unpaired) electrons. The summed E-state index contributed by atoms with van der Waals surface area (Å²) in [5, 5.41) is 1.02. The fourth-order valence-corrected chi connectivity index (χ4v) is 4.23. The van der Waals surface area contributed by atoms with Crippen molar-refractivity contribution in [1.82, 2.24) is 4.90 Å². The molecule has 172 valence electrons. The number of amides is 1. The van der Waals surface area contributed by atoms with Gasteiger partial charge in [-0.2, -0.15) is 13.2 Å². The van der Waals surface area contributed by atoms with Crippen LogP contribution in [0.4, 0.5) is 13.2 Å². The smallest absolute Gasteiger partial charge is 0.334 e.